The predicted octanol–water partition coefficient (Wildman–Crippen LogP) is 3.76. The first-order chi connectivity index (χ1) is 7.06. The van der Waals surface area contributed by atoms with E-state index < -0.39 is 0 Å². The van der Waals surface area contributed by atoms with Gasteiger partial charge >= 0.3 is 0 Å². The van der Waals surface area contributed by atoms with Crippen molar-refractivity contribution < 1.29 is 0 Å². The fourth-order valence-corrected chi connectivity index (χ4v) is 2.62. The van der Waals surface area contributed by atoms with Crippen molar-refractivity contribution >= 4 is 37.5 Å². The van der Waals surface area contributed by atoms with E-state index in [1.165, 1.54) is 0 Å². The lowest BCUT2D eigenvalue weighted by Crippen LogP contribution is -2.12. The Kier molecular flexibility index (Phi) is 4.83. The van der Waals surface area contributed by atoms with E-state index in [0.717, 1.165) is 33.0 Å². The predicted molar refractivity (Wildman–Crippen MR) is 72.6 cm³/mol. The Balaban J connectivity index is 2.96. The van der Waals surface area contributed by atoms with Gasteiger partial charge in [-0.05, 0) is 46.5 Å². The minimum atomic E-state index is -0.0446. The smallest absolute Gasteiger partial charge is 0.0507 e. The maximum absolute atomic E-state index is 6.05. The number of nitrogen functional groups attached to an aromatic ring is 1. The number of benzene rings is 1. The summed E-state index contributed by atoms with van der Waals surface area (Å²) in [5.74, 6) is 0. The average Bonchev–Trinajstić information content (AvgIpc) is 2.19. The van der Waals surface area contributed by atoms with E-state index in [9.17, 15) is 0 Å². The van der Waals surface area contributed by atoms with E-state index in [-0.39, 0.29) is 6.04 Å². The first-order valence-corrected chi connectivity index (χ1v) is 6.25. The summed E-state index contributed by atoms with van der Waals surface area (Å²) < 4.78 is 1.86. The third kappa shape index (κ3) is 3.33. The zero-order valence-corrected chi connectivity index (χ0v) is 11.5. The van der Waals surface area contributed by atoms with Crippen molar-refractivity contribution in [2.75, 3.05) is 5.73 Å². The van der Waals surface area contributed by atoms with Crippen LogP contribution in [0.4, 0.5) is 5.69 Å². The molecule has 0 saturated carbocycles. The van der Waals surface area contributed by atoms with Gasteiger partial charge in [-0.25, -0.2) is 0 Å². The fourth-order valence-electron chi connectivity index (χ4n) is 1.36. The Bertz CT molecular complexity index is 364. The highest BCUT2D eigenvalue weighted by molar-refractivity contribution is 9.11. The second-order valence-corrected chi connectivity index (χ2v) is 5.13. The molecular formula is C11H14Br2N2. The average molecular weight is 334 g/mol. The first-order valence-electron chi connectivity index (χ1n) is 4.67. The number of anilines is 1. The van der Waals surface area contributed by atoms with Crippen molar-refractivity contribution in [2.24, 2.45) is 5.73 Å². The number of halogens is 2. The topological polar surface area (TPSA) is 52.0 Å². The number of hydrogen-bond acceptors (Lipinski definition) is 2. The van der Waals surface area contributed by atoms with Crippen LogP contribution in [0.25, 0.3) is 0 Å². The Hall–Kier alpha value is -0.320. The van der Waals surface area contributed by atoms with Crippen LogP contribution in [0.15, 0.2) is 33.7 Å². The van der Waals surface area contributed by atoms with Gasteiger partial charge in [-0.15, -0.1) is 6.58 Å². The Morgan fingerprint density at radius 2 is 2.07 bits per heavy atom. The van der Waals surface area contributed by atoms with Crippen LogP contribution in [0.1, 0.15) is 24.4 Å². The molecule has 4 heteroatoms. The van der Waals surface area contributed by atoms with Crippen LogP contribution in [-0.4, -0.2) is 0 Å². The standard InChI is InChI=1S/C11H14Br2N2/c1-2-3-4-10(14)8-5-7(12)6-9(13)11(8)15/h2,5-6,10H,1,3-4,14-15H2/t10-/m1/s1. The van der Waals surface area contributed by atoms with Crippen molar-refractivity contribution in [1.82, 2.24) is 0 Å². The third-order valence-electron chi connectivity index (χ3n) is 2.21. The van der Waals surface area contributed by atoms with Gasteiger partial charge in [0.1, 0.15) is 0 Å². The number of nitrogens with two attached hydrogens (primary N) is 2. The summed E-state index contributed by atoms with van der Waals surface area (Å²) in [5, 5.41) is 0. The minimum Gasteiger partial charge on any atom is -0.398 e. The summed E-state index contributed by atoms with van der Waals surface area (Å²) in [5.41, 5.74) is 13.7. The highest BCUT2D eigenvalue weighted by Gasteiger charge is 2.12. The maximum atomic E-state index is 6.05. The Labute approximate surface area is 107 Å². The molecule has 0 aliphatic rings. The zero-order chi connectivity index (χ0) is 11.4. The van der Waals surface area contributed by atoms with E-state index in [0.29, 0.717) is 0 Å². The Morgan fingerprint density at radius 3 is 2.67 bits per heavy atom. The summed E-state index contributed by atoms with van der Waals surface area (Å²) in [4.78, 5) is 0. The van der Waals surface area contributed by atoms with Crippen LogP contribution in [0.5, 0.6) is 0 Å². The largest absolute Gasteiger partial charge is 0.398 e. The maximum Gasteiger partial charge on any atom is 0.0507 e. The van der Waals surface area contributed by atoms with Gasteiger partial charge in [-0.1, -0.05) is 22.0 Å². The number of hydrogen-bond donors (Lipinski definition) is 2. The van der Waals surface area contributed by atoms with E-state index in [1.54, 1.807) is 0 Å². The lowest BCUT2D eigenvalue weighted by Gasteiger charge is -2.15. The lowest BCUT2D eigenvalue weighted by molar-refractivity contribution is 0.663. The SMILES string of the molecule is C=CCC[C@@H](N)c1cc(Br)cc(Br)c1N. The molecule has 0 aliphatic carbocycles. The van der Waals surface area contributed by atoms with Gasteiger partial charge < -0.3 is 11.5 Å². The van der Waals surface area contributed by atoms with E-state index in [4.69, 9.17) is 11.5 Å². The van der Waals surface area contributed by atoms with Crippen LogP contribution in [-0.2, 0) is 0 Å². The summed E-state index contributed by atoms with van der Waals surface area (Å²) in [6, 6.07) is 3.84. The molecule has 0 aliphatic heterocycles. The van der Waals surface area contributed by atoms with Crippen LogP contribution in [0.2, 0.25) is 0 Å². The van der Waals surface area contributed by atoms with Gasteiger partial charge in [-0.3, -0.25) is 0 Å². The molecule has 1 aromatic rings. The van der Waals surface area contributed by atoms with Crippen molar-refractivity contribution in [3.05, 3.63) is 39.3 Å². The van der Waals surface area contributed by atoms with Gasteiger partial charge in [0.2, 0.25) is 0 Å². The van der Waals surface area contributed by atoms with Crippen LogP contribution >= 0.6 is 31.9 Å². The lowest BCUT2D eigenvalue weighted by atomic mass is 10.0. The van der Waals surface area contributed by atoms with Crippen molar-refractivity contribution in [2.45, 2.75) is 18.9 Å². The molecule has 0 heterocycles. The van der Waals surface area contributed by atoms with Crippen molar-refractivity contribution in [1.29, 1.82) is 0 Å². The fraction of sp³-hybridized carbons (Fsp3) is 0.273. The first kappa shape index (κ1) is 12.7. The molecule has 2 nitrogen and oxygen atoms in total. The van der Waals surface area contributed by atoms with E-state index in [1.807, 2.05) is 18.2 Å². The molecule has 0 spiro atoms. The summed E-state index contributed by atoms with van der Waals surface area (Å²) in [6.45, 7) is 3.68. The summed E-state index contributed by atoms with van der Waals surface area (Å²) >= 11 is 6.82. The van der Waals surface area contributed by atoms with E-state index in [2.05, 4.69) is 38.4 Å². The monoisotopic (exact) mass is 332 g/mol. The molecule has 1 rings (SSSR count). The second-order valence-electron chi connectivity index (χ2n) is 3.36. The quantitative estimate of drug-likeness (QED) is 0.651. The van der Waals surface area contributed by atoms with Crippen molar-refractivity contribution in [3.63, 3.8) is 0 Å². The Morgan fingerprint density at radius 1 is 1.40 bits per heavy atom. The van der Waals surface area contributed by atoms with Gasteiger partial charge in [-0.2, -0.15) is 0 Å². The highest BCUT2D eigenvalue weighted by atomic mass is 79.9. The third-order valence-corrected chi connectivity index (χ3v) is 3.32. The molecule has 0 aromatic heterocycles. The van der Waals surface area contributed by atoms with E-state index >= 15 is 0 Å². The van der Waals surface area contributed by atoms with Crippen molar-refractivity contribution in [3.8, 4) is 0 Å². The van der Waals surface area contributed by atoms with Gasteiger partial charge in [0, 0.05) is 15.0 Å². The summed E-state index contributed by atoms with van der Waals surface area (Å²) in [6.07, 6.45) is 3.62. The molecule has 0 bridgehead atoms. The normalized spacial score (nSPS) is 12.5. The number of allylic oxidation sites excluding steroid dienone is 1. The molecule has 15 heavy (non-hydrogen) atoms. The zero-order valence-electron chi connectivity index (χ0n) is 8.34. The highest BCUT2D eigenvalue weighted by Crippen LogP contribution is 2.32. The molecule has 1 atom stereocenters. The molecule has 0 fully saturated rings. The second kappa shape index (κ2) is 5.68. The minimum absolute atomic E-state index is 0.0446. The molecule has 0 saturated heterocycles. The van der Waals surface area contributed by atoms with Crippen LogP contribution in [0, 0.1) is 0 Å². The molecule has 1 aromatic carbocycles. The van der Waals surface area contributed by atoms with Gasteiger partial charge in [0.05, 0.1) is 5.69 Å². The molecule has 0 unspecified atom stereocenters. The molecule has 4 N–H and O–H groups in total. The molecule has 82 valence electrons. The number of rotatable bonds is 4. The van der Waals surface area contributed by atoms with Crippen LogP contribution in [0.3, 0.4) is 0 Å². The van der Waals surface area contributed by atoms with Gasteiger partial charge in [0.25, 0.3) is 0 Å². The summed E-state index contributed by atoms with van der Waals surface area (Å²) in [7, 11) is 0. The van der Waals surface area contributed by atoms with Gasteiger partial charge in [0.15, 0.2) is 0 Å². The molecule has 0 amide bonds. The van der Waals surface area contributed by atoms with Crippen LogP contribution < -0.4 is 11.5 Å². The molecular weight excluding hydrogens is 320 g/mol. The molecule has 0 radical (unpaired) electrons.